The first kappa shape index (κ1) is 14.6. The third-order valence-electron chi connectivity index (χ3n) is 5.72. The first-order valence-corrected chi connectivity index (χ1v) is 8.63. The van der Waals surface area contributed by atoms with Gasteiger partial charge in [0, 0.05) is 11.2 Å². The monoisotopic (exact) mass is 324 g/mol. The highest BCUT2D eigenvalue weighted by atomic mass is 32.2. The average molecular weight is 324 g/mol. The molecule has 0 bridgehead atoms. The van der Waals surface area contributed by atoms with Gasteiger partial charge in [-0.15, -0.1) is 0 Å². The number of hydrogen-bond donors (Lipinski definition) is 1. The maximum atomic E-state index is 10.2. The molecule has 116 valence electrons. The molecule has 1 aromatic carbocycles. The van der Waals surface area contributed by atoms with E-state index in [1.165, 1.54) is 11.8 Å². The molecule has 2 aliphatic heterocycles. The Labute approximate surface area is 139 Å². The fraction of sp³-hybridized carbons (Fsp3) is 0.471. The van der Waals surface area contributed by atoms with Gasteiger partial charge in [-0.25, -0.2) is 4.99 Å². The van der Waals surface area contributed by atoms with Gasteiger partial charge in [-0.2, -0.15) is 10.5 Å². The summed E-state index contributed by atoms with van der Waals surface area (Å²) in [4.78, 5) is 4.50. The van der Waals surface area contributed by atoms with Gasteiger partial charge in [-0.1, -0.05) is 49.0 Å². The fourth-order valence-electron chi connectivity index (χ4n) is 4.93. The normalized spacial score (nSPS) is 43.5. The number of ether oxygens (including phenoxy) is 1. The summed E-state index contributed by atoms with van der Waals surface area (Å²) in [5.74, 6) is 0.984. The minimum Gasteiger partial charge on any atom is -0.386 e. The molecule has 2 N–H and O–H groups in total. The maximum Gasteiger partial charge on any atom is 0.231 e. The predicted octanol–water partition coefficient (Wildman–Crippen LogP) is 2.16. The quantitative estimate of drug-likeness (QED) is 0.899. The van der Waals surface area contributed by atoms with Crippen LogP contribution in [0.25, 0.3) is 0 Å². The van der Waals surface area contributed by atoms with Crippen LogP contribution in [0.4, 0.5) is 0 Å². The Morgan fingerprint density at radius 1 is 1.30 bits per heavy atom. The molecule has 0 radical (unpaired) electrons. The summed E-state index contributed by atoms with van der Waals surface area (Å²) < 4.78 is 5.95. The van der Waals surface area contributed by atoms with Crippen LogP contribution in [0.2, 0.25) is 0 Å². The average Bonchev–Trinajstić information content (AvgIpc) is 2.80. The van der Waals surface area contributed by atoms with E-state index in [0.29, 0.717) is 13.0 Å². The molecule has 4 atom stereocenters. The van der Waals surface area contributed by atoms with Crippen LogP contribution in [-0.4, -0.2) is 23.3 Å². The Morgan fingerprint density at radius 2 is 2.04 bits per heavy atom. The number of benzene rings is 1. The lowest BCUT2D eigenvalue weighted by Gasteiger charge is -2.31. The maximum absolute atomic E-state index is 10.2. The number of aliphatic imine (C=N–C) groups is 1. The van der Waals surface area contributed by atoms with Gasteiger partial charge in [-0.3, -0.25) is 0 Å². The molecule has 0 amide bonds. The van der Waals surface area contributed by atoms with E-state index in [1.807, 2.05) is 37.3 Å². The molecule has 4 rings (SSSR count). The van der Waals surface area contributed by atoms with E-state index in [9.17, 15) is 10.5 Å². The number of thioether (sulfide) groups is 1. The van der Waals surface area contributed by atoms with Crippen LogP contribution in [0.5, 0.6) is 0 Å². The van der Waals surface area contributed by atoms with Crippen LogP contribution in [0.1, 0.15) is 18.9 Å². The van der Waals surface area contributed by atoms with Gasteiger partial charge in [0.05, 0.1) is 18.7 Å². The Hall–Kier alpha value is -2.02. The van der Waals surface area contributed by atoms with Crippen LogP contribution in [0, 0.1) is 33.5 Å². The standard InChI is InChI=1S/C17H16N4OS/c1-2-14(12-6-4-3-5-7-12)15(10-18)13(20)21-17(16(14,15)11-19)22-8-9-23-17/h3-7H,2,8-9H2,1H3,(H2,20,21)/t14-,15-,16+,17+/m0/s1. The predicted molar refractivity (Wildman–Crippen MR) is 87.3 cm³/mol. The molecule has 1 aromatic rings. The third-order valence-corrected chi connectivity index (χ3v) is 6.99. The van der Waals surface area contributed by atoms with Crippen molar-refractivity contribution in [3.8, 4) is 12.1 Å². The minimum absolute atomic E-state index is 0.238. The van der Waals surface area contributed by atoms with Gasteiger partial charge in [0.1, 0.15) is 5.84 Å². The van der Waals surface area contributed by atoms with Gasteiger partial charge in [0.2, 0.25) is 5.06 Å². The van der Waals surface area contributed by atoms with Crippen molar-refractivity contribution in [2.24, 2.45) is 21.6 Å². The lowest BCUT2D eigenvalue weighted by atomic mass is 9.81. The molecule has 2 heterocycles. The number of rotatable bonds is 2. The summed E-state index contributed by atoms with van der Waals surface area (Å²) in [6, 6.07) is 14.6. The van der Waals surface area contributed by atoms with Crippen LogP contribution in [0.3, 0.4) is 0 Å². The summed E-state index contributed by atoms with van der Waals surface area (Å²) in [6.45, 7) is 2.52. The molecule has 2 fully saturated rings. The van der Waals surface area contributed by atoms with E-state index >= 15 is 0 Å². The molecule has 23 heavy (non-hydrogen) atoms. The first-order chi connectivity index (χ1) is 11.1. The van der Waals surface area contributed by atoms with Crippen LogP contribution in [0.15, 0.2) is 35.3 Å². The highest BCUT2D eigenvalue weighted by molar-refractivity contribution is 8.00. The lowest BCUT2D eigenvalue weighted by molar-refractivity contribution is 0.0137. The van der Waals surface area contributed by atoms with Gasteiger partial charge in [0.25, 0.3) is 0 Å². The Bertz CT molecular complexity index is 789. The van der Waals surface area contributed by atoms with E-state index in [2.05, 4.69) is 17.1 Å². The largest absolute Gasteiger partial charge is 0.386 e. The van der Waals surface area contributed by atoms with Gasteiger partial charge >= 0.3 is 0 Å². The molecule has 0 aromatic heterocycles. The van der Waals surface area contributed by atoms with Crippen molar-refractivity contribution in [2.75, 3.05) is 12.4 Å². The van der Waals surface area contributed by atoms with E-state index in [4.69, 9.17) is 10.5 Å². The Morgan fingerprint density at radius 3 is 2.57 bits per heavy atom. The summed E-state index contributed by atoms with van der Waals surface area (Å²) in [6.07, 6.45) is 0.625. The van der Waals surface area contributed by atoms with E-state index in [0.717, 1.165) is 11.3 Å². The molecule has 1 saturated carbocycles. The minimum atomic E-state index is -1.12. The smallest absolute Gasteiger partial charge is 0.231 e. The number of fused-ring (bicyclic) bond motifs is 2. The second-order valence-electron chi connectivity index (χ2n) is 6.12. The molecular weight excluding hydrogens is 308 g/mol. The zero-order valence-electron chi connectivity index (χ0n) is 12.7. The number of nitriles is 2. The molecule has 0 unspecified atom stereocenters. The molecule has 1 spiro atoms. The Balaban J connectivity index is 2.05. The summed E-state index contributed by atoms with van der Waals surface area (Å²) in [5, 5.41) is 19.2. The second kappa shape index (κ2) is 4.29. The molecule has 1 aliphatic carbocycles. The SMILES string of the molecule is CC[C@]1(c2ccccc2)[C@]2(C#N)C(N)=N[C@@]3(OCCS3)[C@@]21C#N. The van der Waals surface area contributed by atoms with Gasteiger partial charge < -0.3 is 10.5 Å². The second-order valence-corrected chi connectivity index (χ2v) is 7.37. The first-order valence-electron chi connectivity index (χ1n) is 7.64. The van der Waals surface area contributed by atoms with E-state index in [-0.39, 0.29) is 5.84 Å². The van der Waals surface area contributed by atoms with Gasteiger partial charge in [0.15, 0.2) is 10.8 Å². The van der Waals surface area contributed by atoms with Crippen molar-refractivity contribution in [1.82, 2.24) is 0 Å². The zero-order chi connectivity index (χ0) is 16.3. The summed E-state index contributed by atoms with van der Waals surface area (Å²) in [5.41, 5.74) is 4.32. The summed E-state index contributed by atoms with van der Waals surface area (Å²) >= 11 is 1.49. The van der Waals surface area contributed by atoms with E-state index in [1.54, 1.807) is 0 Å². The number of nitrogens with two attached hydrogens (primary N) is 1. The van der Waals surface area contributed by atoms with Crippen molar-refractivity contribution < 1.29 is 4.74 Å². The van der Waals surface area contributed by atoms with Crippen molar-refractivity contribution in [2.45, 2.75) is 23.8 Å². The van der Waals surface area contributed by atoms with Crippen molar-refractivity contribution in [1.29, 1.82) is 10.5 Å². The Kier molecular flexibility index (Phi) is 2.71. The van der Waals surface area contributed by atoms with Crippen molar-refractivity contribution in [3.05, 3.63) is 35.9 Å². The highest BCUT2D eigenvalue weighted by Crippen LogP contribution is 2.88. The zero-order valence-corrected chi connectivity index (χ0v) is 13.6. The summed E-state index contributed by atoms with van der Waals surface area (Å²) in [7, 11) is 0. The number of hydrogen-bond acceptors (Lipinski definition) is 6. The lowest BCUT2D eigenvalue weighted by Crippen LogP contribution is -2.39. The van der Waals surface area contributed by atoms with Crippen molar-refractivity contribution >= 4 is 17.6 Å². The molecule has 3 aliphatic rings. The number of nitrogens with zero attached hydrogens (tertiary/aromatic N) is 3. The van der Waals surface area contributed by atoms with Crippen LogP contribution < -0.4 is 5.73 Å². The van der Waals surface area contributed by atoms with Crippen LogP contribution in [-0.2, 0) is 10.2 Å². The van der Waals surface area contributed by atoms with Gasteiger partial charge in [-0.05, 0) is 12.0 Å². The number of amidine groups is 1. The topological polar surface area (TPSA) is 95.2 Å². The molecule has 6 heteroatoms. The molecule has 1 saturated heterocycles. The molecule has 5 nitrogen and oxygen atoms in total. The third kappa shape index (κ3) is 1.15. The van der Waals surface area contributed by atoms with Crippen LogP contribution >= 0.6 is 11.8 Å². The highest BCUT2D eigenvalue weighted by Gasteiger charge is 3.00. The van der Waals surface area contributed by atoms with E-state index < -0.39 is 21.3 Å². The fourth-order valence-corrected chi connectivity index (χ4v) is 6.29. The van der Waals surface area contributed by atoms with Crippen molar-refractivity contribution in [3.63, 3.8) is 0 Å². The molecular formula is C17H16N4OS.